The molecule has 0 spiro atoms. The minimum atomic E-state index is -1.13. The molecule has 2 aromatic rings. The van der Waals surface area contributed by atoms with Gasteiger partial charge in [-0.15, -0.1) is 0 Å². The lowest BCUT2D eigenvalue weighted by Gasteiger charge is -2.35. The van der Waals surface area contributed by atoms with E-state index in [1.807, 2.05) is 30.5 Å². The number of hydrogen-bond donors (Lipinski definition) is 3. The maximum absolute atomic E-state index is 12.0. The minimum Gasteiger partial charge on any atom is -0.481 e. The van der Waals surface area contributed by atoms with E-state index in [0.29, 0.717) is 29.7 Å². The van der Waals surface area contributed by atoms with Crippen molar-refractivity contribution < 1.29 is 19.8 Å². The summed E-state index contributed by atoms with van der Waals surface area (Å²) in [6.45, 7) is 0. The second-order valence-electron chi connectivity index (χ2n) is 11.7. The van der Waals surface area contributed by atoms with Gasteiger partial charge in [0.2, 0.25) is 0 Å². The van der Waals surface area contributed by atoms with Gasteiger partial charge in [-0.25, -0.2) is 15.2 Å². The van der Waals surface area contributed by atoms with Crippen LogP contribution in [-0.2, 0) is 24.1 Å². The van der Waals surface area contributed by atoms with Crippen LogP contribution >= 0.6 is 0 Å². The second kappa shape index (κ2) is 13.7. The Bertz CT molecular complexity index is 1340. The van der Waals surface area contributed by atoms with E-state index in [1.54, 1.807) is 6.07 Å². The molecule has 3 N–H and O–H groups in total. The number of carboxylic acids is 1. The van der Waals surface area contributed by atoms with Crippen LogP contribution in [0, 0.1) is 29.7 Å². The van der Waals surface area contributed by atoms with Crippen molar-refractivity contribution in [1.29, 1.82) is 0 Å². The lowest BCUT2D eigenvalue weighted by molar-refractivity contribution is -0.144. The molecule has 1 amide bonds. The number of benzene rings is 1. The number of aryl methyl sites for hydroxylation is 1. The zero-order valence-electron chi connectivity index (χ0n) is 23.6. The van der Waals surface area contributed by atoms with Gasteiger partial charge in [-0.2, -0.15) is 5.01 Å². The number of aromatic nitrogens is 1. The number of anilines is 1. The Morgan fingerprint density at radius 3 is 2.56 bits per heavy atom. The Kier molecular flexibility index (Phi) is 9.55. The number of aliphatic imine (C=N–C) groups is 1. The summed E-state index contributed by atoms with van der Waals surface area (Å²) in [5.74, 6) is 2.96. The van der Waals surface area contributed by atoms with Crippen LogP contribution in [0.4, 0.5) is 16.2 Å². The predicted octanol–water partition coefficient (Wildman–Crippen LogP) is 6.70. The highest BCUT2D eigenvalue weighted by Crippen LogP contribution is 2.41. The molecule has 8 nitrogen and oxygen atoms in total. The topological polar surface area (TPSA) is 115 Å². The van der Waals surface area contributed by atoms with Gasteiger partial charge in [0, 0.05) is 18.7 Å². The molecule has 1 aromatic carbocycles. The Hall–Kier alpha value is -3.86. The van der Waals surface area contributed by atoms with Crippen molar-refractivity contribution in [2.24, 2.45) is 22.7 Å². The molecule has 1 fully saturated rings. The molecule has 3 aliphatic rings. The molecule has 8 heteroatoms. The van der Waals surface area contributed by atoms with Crippen LogP contribution in [0.5, 0.6) is 0 Å². The number of nitrogens with zero attached hydrogens (tertiary/aromatic N) is 3. The Morgan fingerprint density at radius 1 is 0.951 bits per heavy atom. The van der Waals surface area contributed by atoms with Gasteiger partial charge in [0.15, 0.2) is 0 Å². The summed E-state index contributed by atoms with van der Waals surface area (Å²) in [4.78, 5) is 33.2. The number of carboxylic acid groups (broad SMARTS) is 2. The van der Waals surface area contributed by atoms with Gasteiger partial charge in [-0.3, -0.25) is 9.78 Å². The molecule has 0 radical (unpaired) electrons. The first-order chi connectivity index (χ1) is 20.0. The number of hydrazine groups is 1. The maximum atomic E-state index is 12.0. The molecule has 41 heavy (non-hydrogen) atoms. The number of carbonyl (C=O) groups is 2. The van der Waals surface area contributed by atoms with Crippen LogP contribution in [0.25, 0.3) is 0 Å². The number of aliphatic carboxylic acids is 1. The summed E-state index contributed by atoms with van der Waals surface area (Å²) in [6, 6.07) is 12.4. The van der Waals surface area contributed by atoms with E-state index in [1.165, 1.54) is 25.7 Å². The standard InChI is InChI=1S/C33H40N4O4/c38-32(39)27-14-13-25-20-26-15-17-34-30-22-28(36-31(26)30)16-18-35-37(33(40)41)29-12-8-10-23(19-29)9-6-4-2-1-3-5-7-11-24(25)21-27/h8,10,12,15,17,19,24-25,27,35H,1-7,9,11,13-14,20-22H2,(H,38,39)(H,40,41). The van der Waals surface area contributed by atoms with Crippen molar-refractivity contribution >= 4 is 29.1 Å². The number of hydrogen-bond acceptors (Lipinski definition) is 5. The maximum Gasteiger partial charge on any atom is 0.431 e. The van der Waals surface area contributed by atoms with Crippen LogP contribution in [0.2, 0.25) is 0 Å². The van der Waals surface area contributed by atoms with Crippen LogP contribution in [0.1, 0.15) is 87.4 Å². The summed E-state index contributed by atoms with van der Waals surface area (Å²) in [7, 11) is 0. The first-order valence-electron chi connectivity index (χ1n) is 15.1. The number of fused-ring (bicyclic) bond motifs is 3. The summed E-state index contributed by atoms with van der Waals surface area (Å²) in [5, 5.41) is 20.6. The molecule has 1 aliphatic carbocycles. The lowest BCUT2D eigenvalue weighted by atomic mass is 9.70. The molecule has 5 rings (SSSR count). The zero-order chi connectivity index (χ0) is 28.6. The highest BCUT2D eigenvalue weighted by molar-refractivity contribution is 6.06. The number of rotatable bonds is 1. The van der Waals surface area contributed by atoms with Crippen molar-refractivity contribution in [3.05, 3.63) is 53.3 Å². The highest BCUT2D eigenvalue weighted by atomic mass is 16.4. The fourth-order valence-corrected chi connectivity index (χ4v) is 6.68. The molecule has 3 atom stereocenters. The molecule has 0 saturated heterocycles. The average molecular weight is 557 g/mol. The Morgan fingerprint density at radius 2 is 1.76 bits per heavy atom. The SMILES string of the molecule is O=C(O)C1CCC2Cc3ccnc4c3N=C(C#CNN(C(=O)O)c3cccc(c3)CCCCCCCCCC2C1)C4. The molecule has 4 bridgehead atoms. The second-order valence-corrected chi connectivity index (χ2v) is 11.7. The van der Waals surface area contributed by atoms with Crippen LogP contribution in [0.3, 0.4) is 0 Å². The lowest BCUT2D eigenvalue weighted by Crippen LogP contribution is -2.39. The molecule has 1 aromatic heterocycles. The van der Waals surface area contributed by atoms with Crippen molar-refractivity contribution in [3.63, 3.8) is 0 Å². The molecule has 3 heterocycles. The first kappa shape index (κ1) is 28.7. The van der Waals surface area contributed by atoms with Gasteiger partial charge < -0.3 is 10.2 Å². The number of nitrogens with one attached hydrogen (secondary N) is 1. The van der Waals surface area contributed by atoms with Crippen molar-refractivity contribution in [2.75, 3.05) is 5.01 Å². The first-order valence-corrected chi connectivity index (χ1v) is 15.1. The highest BCUT2D eigenvalue weighted by Gasteiger charge is 2.34. The van der Waals surface area contributed by atoms with E-state index >= 15 is 0 Å². The van der Waals surface area contributed by atoms with E-state index < -0.39 is 12.1 Å². The third-order valence-corrected chi connectivity index (χ3v) is 8.91. The van der Waals surface area contributed by atoms with Gasteiger partial charge in [-0.1, -0.05) is 57.1 Å². The summed E-state index contributed by atoms with van der Waals surface area (Å²) in [6.07, 6.45) is 14.7. The summed E-state index contributed by atoms with van der Waals surface area (Å²) in [5.41, 5.74) is 7.94. The largest absolute Gasteiger partial charge is 0.481 e. The smallest absolute Gasteiger partial charge is 0.431 e. The molecule has 216 valence electrons. The van der Waals surface area contributed by atoms with E-state index in [2.05, 4.69) is 22.4 Å². The van der Waals surface area contributed by atoms with E-state index in [-0.39, 0.29) is 5.92 Å². The average Bonchev–Trinajstić information content (AvgIpc) is 3.38. The minimum absolute atomic E-state index is 0.236. The predicted molar refractivity (Wildman–Crippen MR) is 159 cm³/mol. The molecule has 3 unspecified atom stereocenters. The van der Waals surface area contributed by atoms with Crippen molar-refractivity contribution in [2.45, 2.75) is 89.9 Å². The monoisotopic (exact) mass is 556 g/mol. The number of amides is 1. The van der Waals surface area contributed by atoms with Crippen molar-refractivity contribution in [1.82, 2.24) is 10.4 Å². The van der Waals surface area contributed by atoms with E-state index in [4.69, 9.17) is 4.99 Å². The van der Waals surface area contributed by atoms with Gasteiger partial charge in [0.1, 0.15) is 0 Å². The summed E-state index contributed by atoms with van der Waals surface area (Å²) < 4.78 is 0. The molecular formula is C33H40N4O4. The number of pyridine rings is 1. The third kappa shape index (κ3) is 7.46. The molecule has 2 aliphatic heterocycles. The molecular weight excluding hydrogens is 516 g/mol. The Balaban J connectivity index is 1.38. The van der Waals surface area contributed by atoms with Gasteiger partial charge in [0.25, 0.3) is 0 Å². The van der Waals surface area contributed by atoms with Crippen LogP contribution < -0.4 is 10.4 Å². The summed E-state index contributed by atoms with van der Waals surface area (Å²) >= 11 is 0. The fourth-order valence-electron chi connectivity index (χ4n) is 6.68. The Labute approximate surface area is 242 Å². The van der Waals surface area contributed by atoms with Gasteiger partial charge >= 0.3 is 12.1 Å². The zero-order valence-corrected chi connectivity index (χ0v) is 23.6. The van der Waals surface area contributed by atoms with Gasteiger partial charge in [0.05, 0.1) is 28.7 Å². The third-order valence-electron chi connectivity index (χ3n) is 8.91. The van der Waals surface area contributed by atoms with Crippen LogP contribution in [-0.4, -0.2) is 33.0 Å². The normalized spacial score (nSPS) is 23.7. The quantitative estimate of drug-likeness (QED) is 0.337. The van der Waals surface area contributed by atoms with Crippen LogP contribution in [0.15, 0.2) is 41.5 Å². The van der Waals surface area contributed by atoms with E-state index in [0.717, 1.165) is 85.3 Å². The van der Waals surface area contributed by atoms with Crippen molar-refractivity contribution in [3.8, 4) is 12.0 Å². The van der Waals surface area contributed by atoms with Gasteiger partial charge in [-0.05, 0) is 85.6 Å². The van der Waals surface area contributed by atoms with E-state index in [9.17, 15) is 19.8 Å². The molecule has 1 saturated carbocycles. The fraction of sp³-hybridized carbons (Fsp3) is 0.515.